The standard InChI is InChI=1S/C20H20ClNO6/c21-15-3-1-2-14(11-15)13-6-4-12(5-7-13)10-16(19(26)20(27)28)22-17(23)8-9-18(24)25/h1-7,11,16,19,26H,8-10H2,(H,22,23)(H,24,25)(H,27,28)/t16-,19-/m1/s1. The summed E-state index contributed by atoms with van der Waals surface area (Å²) in [6.07, 6.45) is -2.43. The molecule has 2 atom stereocenters. The molecule has 28 heavy (non-hydrogen) atoms. The summed E-state index contributed by atoms with van der Waals surface area (Å²) in [5.41, 5.74) is 2.53. The molecule has 0 radical (unpaired) electrons. The maximum atomic E-state index is 11.9. The van der Waals surface area contributed by atoms with E-state index >= 15 is 0 Å². The van der Waals surface area contributed by atoms with Crippen molar-refractivity contribution in [3.05, 3.63) is 59.1 Å². The molecule has 0 bridgehead atoms. The number of carbonyl (C=O) groups excluding carboxylic acids is 1. The summed E-state index contributed by atoms with van der Waals surface area (Å²) in [6.45, 7) is 0. The van der Waals surface area contributed by atoms with Crippen LogP contribution in [0.2, 0.25) is 5.02 Å². The molecule has 7 nitrogen and oxygen atoms in total. The molecule has 0 saturated carbocycles. The first-order valence-electron chi connectivity index (χ1n) is 8.53. The Balaban J connectivity index is 2.11. The molecule has 0 fully saturated rings. The van der Waals surface area contributed by atoms with Crippen molar-refractivity contribution in [2.75, 3.05) is 0 Å². The highest BCUT2D eigenvalue weighted by Gasteiger charge is 2.27. The summed E-state index contributed by atoms with van der Waals surface area (Å²) in [5.74, 6) is -3.25. The Morgan fingerprint density at radius 2 is 1.64 bits per heavy atom. The monoisotopic (exact) mass is 405 g/mol. The van der Waals surface area contributed by atoms with Crippen LogP contribution in [-0.4, -0.2) is 45.3 Å². The van der Waals surface area contributed by atoms with Crippen LogP contribution in [0.15, 0.2) is 48.5 Å². The SMILES string of the molecule is O=C(O)CCC(=O)N[C@H](Cc1ccc(-c2cccc(Cl)c2)cc1)[C@@H](O)C(=O)O. The van der Waals surface area contributed by atoms with Crippen molar-refractivity contribution in [1.82, 2.24) is 5.32 Å². The van der Waals surface area contributed by atoms with Crippen LogP contribution in [0.5, 0.6) is 0 Å². The summed E-state index contributed by atoms with van der Waals surface area (Å²) >= 11 is 5.99. The minimum atomic E-state index is -1.82. The van der Waals surface area contributed by atoms with Gasteiger partial charge in [-0.2, -0.15) is 0 Å². The van der Waals surface area contributed by atoms with E-state index in [1.165, 1.54) is 0 Å². The van der Waals surface area contributed by atoms with Gasteiger partial charge in [0.05, 0.1) is 12.5 Å². The van der Waals surface area contributed by atoms with Gasteiger partial charge in [0.25, 0.3) is 0 Å². The molecule has 4 N–H and O–H groups in total. The van der Waals surface area contributed by atoms with E-state index in [4.69, 9.17) is 21.8 Å². The highest BCUT2D eigenvalue weighted by Crippen LogP contribution is 2.23. The lowest BCUT2D eigenvalue weighted by Crippen LogP contribution is -2.48. The Bertz CT molecular complexity index is 852. The van der Waals surface area contributed by atoms with Gasteiger partial charge in [-0.1, -0.05) is 48.0 Å². The van der Waals surface area contributed by atoms with Gasteiger partial charge in [0.15, 0.2) is 6.10 Å². The second-order valence-electron chi connectivity index (χ2n) is 6.26. The fourth-order valence-corrected chi connectivity index (χ4v) is 2.86. The number of aliphatic hydroxyl groups is 1. The molecule has 0 aromatic heterocycles. The van der Waals surface area contributed by atoms with E-state index in [9.17, 15) is 19.5 Å². The minimum absolute atomic E-state index is 0.0715. The van der Waals surface area contributed by atoms with Gasteiger partial charge in [-0.05, 0) is 35.2 Å². The van der Waals surface area contributed by atoms with Gasteiger partial charge in [0, 0.05) is 11.4 Å². The fourth-order valence-electron chi connectivity index (χ4n) is 2.67. The number of hydrogen-bond donors (Lipinski definition) is 4. The van der Waals surface area contributed by atoms with Crippen molar-refractivity contribution < 1.29 is 29.7 Å². The zero-order valence-electron chi connectivity index (χ0n) is 14.8. The lowest BCUT2D eigenvalue weighted by Gasteiger charge is -2.21. The summed E-state index contributed by atoms with van der Waals surface area (Å²) in [6, 6.07) is 13.4. The van der Waals surface area contributed by atoms with Gasteiger partial charge in [0.2, 0.25) is 5.91 Å². The van der Waals surface area contributed by atoms with Gasteiger partial charge in [-0.3, -0.25) is 9.59 Å². The molecule has 0 saturated heterocycles. The smallest absolute Gasteiger partial charge is 0.334 e. The zero-order chi connectivity index (χ0) is 20.7. The molecule has 2 rings (SSSR count). The summed E-state index contributed by atoms with van der Waals surface area (Å²) in [5, 5.41) is 30.6. The molecule has 0 aliphatic rings. The van der Waals surface area contributed by atoms with Crippen molar-refractivity contribution in [3.8, 4) is 11.1 Å². The highest BCUT2D eigenvalue weighted by molar-refractivity contribution is 6.30. The van der Waals surface area contributed by atoms with Crippen LogP contribution >= 0.6 is 11.6 Å². The number of carboxylic acid groups (broad SMARTS) is 2. The van der Waals surface area contributed by atoms with Crippen LogP contribution in [0.4, 0.5) is 0 Å². The number of rotatable bonds is 9. The molecule has 8 heteroatoms. The molecule has 1 amide bonds. The van der Waals surface area contributed by atoms with E-state index < -0.39 is 30.0 Å². The van der Waals surface area contributed by atoms with E-state index in [-0.39, 0.29) is 19.3 Å². The van der Waals surface area contributed by atoms with Crippen molar-refractivity contribution in [3.63, 3.8) is 0 Å². The summed E-state index contributed by atoms with van der Waals surface area (Å²) in [7, 11) is 0. The number of hydrogen-bond acceptors (Lipinski definition) is 4. The third-order valence-electron chi connectivity index (χ3n) is 4.11. The van der Waals surface area contributed by atoms with Gasteiger partial charge in [-0.15, -0.1) is 0 Å². The summed E-state index contributed by atoms with van der Waals surface area (Å²) in [4.78, 5) is 33.6. The molecule has 2 aromatic carbocycles. The van der Waals surface area contributed by atoms with Crippen LogP contribution < -0.4 is 5.32 Å². The maximum Gasteiger partial charge on any atom is 0.334 e. The first kappa shape index (κ1) is 21.4. The first-order chi connectivity index (χ1) is 13.3. The molecular formula is C20H20ClNO6. The minimum Gasteiger partial charge on any atom is -0.481 e. The van der Waals surface area contributed by atoms with E-state index in [1.807, 2.05) is 30.3 Å². The maximum absolute atomic E-state index is 11.9. The van der Waals surface area contributed by atoms with Crippen molar-refractivity contribution in [1.29, 1.82) is 0 Å². The predicted molar refractivity (Wildman–Crippen MR) is 103 cm³/mol. The van der Waals surface area contributed by atoms with E-state index in [1.54, 1.807) is 18.2 Å². The number of aliphatic hydroxyl groups excluding tert-OH is 1. The van der Waals surface area contributed by atoms with Crippen molar-refractivity contribution >= 4 is 29.4 Å². The third kappa shape index (κ3) is 6.37. The second kappa shape index (κ2) is 9.87. The first-order valence-corrected chi connectivity index (χ1v) is 8.91. The van der Waals surface area contributed by atoms with Crippen molar-refractivity contribution in [2.45, 2.75) is 31.4 Å². The normalized spacial score (nSPS) is 12.8. The molecule has 0 aliphatic heterocycles. The molecule has 0 spiro atoms. The van der Waals surface area contributed by atoms with Crippen molar-refractivity contribution in [2.24, 2.45) is 0 Å². The highest BCUT2D eigenvalue weighted by atomic mass is 35.5. The predicted octanol–water partition coefficient (Wildman–Crippen LogP) is 2.34. The lowest BCUT2D eigenvalue weighted by molar-refractivity contribution is -0.149. The number of amides is 1. The number of aliphatic carboxylic acids is 2. The molecular weight excluding hydrogens is 386 g/mol. The molecule has 2 aromatic rings. The number of halogens is 1. The number of carbonyl (C=O) groups is 3. The Morgan fingerprint density at radius 1 is 0.964 bits per heavy atom. The third-order valence-corrected chi connectivity index (χ3v) is 4.35. The van der Waals surface area contributed by atoms with Gasteiger partial charge in [0.1, 0.15) is 0 Å². The second-order valence-corrected chi connectivity index (χ2v) is 6.70. The van der Waals surface area contributed by atoms with Gasteiger partial charge in [-0.25, -0.2) is 4.79 Å². The molecule has 148 valence electrons. The number of benzene rings is 2. The quantitative estimate of drug-likeness (QED) is 0.507. The Morgan fingerprint density at radius 3 is 2.21 bits per heavy atom. The van der Waals surface area contributed by atoms with Crippen LogP contribution in [0.3, 0.4) is 0 Å². The number of nitrogens with one attached hydrogen (secondary N) is 1. The topological polar surface area (TPSA) is 124 Å². The van der Waals surface area contributed by atoms with Crippen LogP contribution in [0.1, 0.15) is 18.4 Å². The van der Waals surface area contributed by atoms with Gasteiger partial charge < -0.3 is 20.6 Å². The Hall–Kier alpha value is -2.90. The lowest BCUT2D eigenvalue weighted by atomic mass is 9.98. The zero-order valence-corrected chi connectivity index (χ0v) is 15.6. The number of carboxylic acids is 2. The van der Waals surface area contributed by atoms with Gasteiger partial charge >= 0.3 is 11.9 Å². The van der Waals surface area contributed by atoms with E-state index in [0.717, 1.165) is 11.1 Å². The Labute approximate surface area is 166 Å². The van der Waals surface area contributed by atoms with E-state index in [2.05, 4.69) is 5.32 Å². The van der Waals surface area contributed by atoms with Crippen LogP contribution in [0.25, 0.3) is 11.1 Å². The van der Waals surface area contributed by atoms with Crippen LogP contribution in [0, 0.1) is 0 Å². The fraction of sp³-hybridized carbons (Fsp3) is 0.250. The Kier molecular flexibility index (Phi) is 7.54. The molecule has 0 heterocycles. The summed E-state index contributed by atoms with van der Waals surface area (Å²) < 4.78 is 0. The largest absolute Gasteiger partial charge is 0.481 e. The molecule has 0 aliphatic carbocycles. The van der Waals surface area contributed by atoms with Crippen LogP contribution in [-0.2, 0) is 20.8 Å². The molecule has 0 unspecified atom stereocenters. The average molecular weight is 406 g/mol. The van der Waals surface area contributed by atoms with E-state index in [0.29, 0.717) is 10.6 Å². The average Bonchev–Trinajstić information content (AvgIpc) is 2.65.